The van der Waals surface area contributed by atoms with Crippen LogP contribution in [0.4, 0.5) is 0 Å². The molecule has 1 rings (SSSR count). The molecular weight excluding hydrogens is 218 g/mol. The van der Waals surface area contributed by atoms with E-state index < -0.39 is 0 Å². The molecule has 0 radical (unpaired) electrons. The van der Waals surface area contributed by atoms with Gasteiger partial charge in [-0.1, -0.05) is 6.92 Å². The van der Waals surface area contributed by atoms with Gasteiger partial charge in [0, 0.05) is 25.2 Å². The summed E-state index contributed by atoms with van der Waals surface area (Å²) in [6.07, 6.45) is 3.30. The van der Waals surface area contributed by atoms with Gasteiger partial charge in [0.25, 0.3) is 5.91 Å². The summed E-state index contributed by atoms with van der Waals surface area (Å²) in [4.78, 5) is 15.2. The molecule has 1 aromatic heterocycles. The monoisotopic (exact) mass is 237 g/mol. The third kappa shape index (κ3) is 4.82. The molecule has 0 aliphatic rings. The molecule has 1 aromatic rings. The Morgan fingerprint density at radius 3 is 2.88 bits per heavy atom. The van der Waals surface area contributed by atoms with Crippen molar-refractivity contribution in [3.63, 3.8) is 0 Å². The summed E-state index contributed by atoms with van der Waals surface area (Å²) >= 11 is 0. The molecule has 5 nitrogen and oxygen atoms in total. The zero-order valence-electron chi connectivity index (χ0n) is 10.3. The second kappa shape index (κ2) is 6.85. The van der Waals surface area contributed by atoms with Crippen molar-refractivity contribution in [1.82, 2.24) is 10.3 Å². The quantitative estimate of drug-likeness (QED) is 0.754. The minimum atomic E-state index is -0.165. The number of ether oxygens (including phenoxy) is 1. The highest BCUT2D eigenvalue weighted by Crippen LogP contribution is 2.10. The maximum absolute atomic E-state index is 11.0. The van der Waals surface area contributed by atoms with Crippen LogP contribution in [0.3, 0.4) is 0 Å². The van der Waals surface area contributed by atoms with Gasteiger partial charge < -0.3 is 15.8 Å². The van der Waals surface area contributed by atoms with Gasteiger partial charge in [0.2, 0.25) is 0 Å². The molecule has 0 saturated carbocycles. The second-order valence-corrected chi connectivity index (χ2v) is 3.82. The van der Waals surface area contributed by atoms with Crippen molar-refractivity contribution in [1.29, 1.82) is 0 Å². The number of pyridine rings is 1. The number of hydrogen-bond acceptors (Lipinski definition) is 4. The SMILES string of the molecule is CCC(N)Cc1ccc(OCC(=O)NC)cn1. The largest absolute Gasteiger partial charge is 0.482 e. The lowest BCUT2D eigenvalue weighted by atomic mass is 10.1. The first-order valence-electron chi connectivity index (χ1n) is 5.69. The molecule has 1 atom stereocenters. The zero-order chi connectivity index (χ0) is 12.7. The maximum Gasteiger partial charge on any atom is 0.257 e. The normalized spacial score (nSPS) is 11.9. The molecule has 0 aliphatic carbocycles. The zero-order valence-corrected chi connectivity index (χ0v) is 10.3. The van der Waals surface area contributed by atoms with Gasteiger partial charge >= 0.3 is 0 Å². The summed E-state index contributed by atoms with van der Waals surface area (Å²) in [7, 11) is 1.57. The molecule has 0 aromatic carbocycles. The van der Waals surface area contributed by atoms with Gasteiger partial charge in [-0.25, -0.2) is 0 Å². The van der Waals surface area contributed by atoms with Crippen LogP contribution in [-0.2, 0) is 11.2 Å². The van der Waals surface area contributed by atoms with Crippen LogP contribution >= 0.6 is 0 Å². The van der Waals surface area contributed by atoms with Crippen LogP contribution in [0.2, 0.25) is 0 Å². The Labute approximate surface area is 101 Å². The van der Waals surface area contributed by atoms with Crippen molar-refractivity contribution in [2.75, 3.05) is 13.7 Å². The van der Waals surface area contributed by atoms with E-state index in [9.17, 15) is 4.79 Å². The van der Waals surface area contributed by atoms with E-state index in [1.54, 1.807) is 19.3 Å². The number of carbonyl (C=O) groups is 1. The first kappa shape index (κ1) is 13.4. The number of amides is 1. The van der Waals surface area contributed by atoms with Crippen molar-refractivity contribution < 1.29 is 9.53 Å². The fourth-order valence-electron chi connectivity index (χ4n) is 1.25. The lowest BCUT2D eigenvalue weighted by Gasteiger charge is -2.09. The molecule has 0 fully saturated rings. The number of nitrogens with one attached hydrogen (secondary N) is 1. The van der Waals surface area contributed by atoms with Gasteiger partial charge in [-0.15, -0.1) is 0 Å². The summed E-state index contributed by atoms with van der Waals surface area (Å²) < 4.78 is 5.24. The summed E-state index contributed by atoms with van der Waals surface area (Å²) in [5.41, 5.74) is 6.77. The fourth-order valence-corrected chi connectivity index (χ4v) is 1.25. The van der Waals surface area contributed by atoms with Crippen molar-refractivity contribution in [3.05, 3.63) is 24.0 Å². The topological polar surface area (TPSA) is 77.2 Å². The summed E-state index contributed by atoms with van der Waals surface area (Å²) in [5.74, 6) is 0.421. The number of aromatic nitrogens is 1. The lowest BCUT2D eigenvalue weighted by molar-refractivity contribution is -0.122. The highest BCUT2D eigenvalue weighted by Gasteiger charge is 2.04. The number of nitrogens with two attached hydrogens (primary N) is 1. The summed E-state index contributed by atoms with van der Waals surface area (Å²) in [6, 6.07) is 3.81. The third-order valence-corrected chi connectivity index (χ3v) is 2.44. The molecule has 0 aliphatic heterocycles. The molecule has 0 spiro atoms. The van der Waals surface area contributed by atoms with Crippen molar-refractivity contribution in [2.45, 2.75) is 25.8 Å². The Bertz CT molecular complexity index is 351. The molecule has 1 amide bonds. The van der Waals surface area contributed by atoms with Gasteiger partial charge in [-0.05, 0) is 18.6 Å². The number of carbonyl (C=O) groups excluding carboxylic acids is 1. The smallest absolute Gasteiger partial charge is 0.257 e. The van der Waals surface area contributed by atoms with Crippen LogP contribution < -0.4 is 15.8 Å². The Hall–Kier alpha value is -1.62. The van der Waals surface area contributed by atoms with Crippen LogP contribution in [0.25, 0.3) is 0 Å². The Morgan fingerprint density at radius 2 is 2.35 bits per heavy atom. The van der Waals surface area contributed by atoms with E-state index in [-0.39, 0.29) is 18.6 Å². The van der Waals surface area contributed by atoms with E-state index in [4.69, 9.17) is 10.5 Å². The van der Waals surface area contributed by atoms with Gasteiger partial charge in [0.05, 0.1) is 6.20 Å². The standard InChI is InChI=1S/C12H19N3O2/c1-3-9(13)6-10-4-5-11(7-15-10)17-8-12(16)14-2/h4-5,7,9H,3,6,8,13H2,1-2H3,(H,14,16). The average Bonchev–Trinajstić information content (AvgIpc) is 2.37. The van der Waals surface area contributed by atoms with E-state index in [2.05, 4.69) is 10.3 Å². The van der Waals surface area contributed by atoms with Gasteiger partial charge in [0.1, 0.15) is 5.75 Å². The Kier molecular flexibility index (Phi) is 5.42. The molecule has 3 N–H and O–H groups in total. The van der Waals surface area contributed by atoms with Crippen LogP contribution in [0.1, 0.15) is 19.0 Å². The fraction of sp³-hybridized carbons (Fsp3) is 0.500. The number of likely N-dealkylation sites (N-methyl/N-ethyl adjacent to an activating group) is 1. The predicted molar refractivity (Wildman–Crippen MR) is 65.8 cm³/mol. The molecule has 94 valence electrons. The van der Waals surface area contributed by atoms with Gasteiger partial charge in [-0.3, -0.25) is 9.78 Å². The van der Waals surface area contributed by atoms with Gasteiger partial charge in [0.15, 0.2) is 6.61 Å². The number of nitrogens with zero attached hydrogens (tertiary/aromatic N) is 1. The summed E-state index contributed by atoms with van der Waals surface area (Å²) in [5, 5.41) is 2.48. The number of rotatable bonds is 6. The van der Waals surface area contributed by atoms with E-state index in [1.807, 2.05) is 13.0 Å². The molecule has 17 heavy (non-hydrogen) atoms. The van der Waals surface area contributed by atoms with E-state index >= 15 is 0 Å². The van der Waals surface area contributed by atoms with Crippen molar-refractivity contribution in [2.24, 2.45) is 5.73 Å². The van der Waals surface area contributed by atoms with Crippen molar-refractivity contribution in [3.8, 4) is 5.75 Å². The van der Waals surface area contributed by atoms with E-state index in [1.165, 1.54) is 0 Å². The molecule has 5 heteroatoms. The van der Waals surface area contributed by atoms with Gasteiger partial charge in [-0.2, -0.15) is 0 Å². The maximum atomic E-state index is 11.0. The second-order valence-electron chi connectivity index (χ2n) is 3.82. The average molecular weight is 237 g/mol. The lowest BCUT2D eigenvalue weighted by Crippen LogP contribution is -2.25. The molecule has 0 bridgehead atoms. The van der Waals surface area contributed by atoms with Crippen LogP contribution in [0.5, 0.6) is 5.75 Å². The van der Waals surface area contributed by atoms with E-state index in [0.717, 1.165) is 18.5 Å². The van der Waals surface area contributed by atoms with Crippen LogP contribution in [-0.4, -0.2) is 30.6 Å². The summed E-state index contributed by atoms with van der Waals surface area (Å²) in [6.45, 7) is 2.05. The van der Waals surface area contributed by atoms with Crippen LogP contribution in [0.15, 0.2) is 18.3 Å². The Balaban J connectivity index is 2.47. The molecule has 1 unspecified atom stereocenters. The minimum Gasteiger partial charge on any atom is -0.482 e. The number of hydrogen-bond donors (Lipinski definition) is 2. The first-order valence-corrected chi connectivity index (χ1v) is 5.69. The highest BCUT2D eigenvalue weighted by molar-refractivity contribution is 5.77. The predicted octanol–water partition coefficient (Wildman–Crippen LogP) is 0.486. The first-order chi connectivity index (χ1) is 8.15. The van der Waals surface area contributed by atoms with Crippen LogP contribution in [0, 0.1) is 0 Å². The molecule has 1 heterocycles. The Morgan fingerprint density at radius 1 is 1.59 bits per heavy atom. The molecular formula is C12H19N3O2. The van der Waals surface area contributed by atoms with E-state index in [0.29, 0.717) is 5.75 Å². The van der Waals surface area contributed by atoms with Crippen molar-refractivity contribution >= 4 is 5.91 Å². The molecule has 0 saturated heterocycles. The minimum absolute atomic E-state index is 0.00595. The third-order valence-electron chi connectivity index (χ3n) is 2.44. The highest BCUT2D eigenvalue weighted by atomic mass is 16.5.